The number of sulfone groups is 1. The molecule has 0 saturated heterocycles. The summed E-state index contributed by atoms with van der Waals surface area (Å²) in [4.78, 5) is 0.203. The molecule has 1 aromatic rings. The second-order valence-electron chi connectivity index (χ2n) is 5.20. The Bertz CT molecular complexity index is 548. The Morgan fingerprint density at radius 3 is 2.56 bits per heavy atom. The summed E-state index contributed by atoms with van der Waals surface area (Å²) in [6.45, 7) is 3.05. The van der Waals surface area contributed by atoms with Crippen LogP contribution in [-0.2, 0) is 9.84 Å². The zero-order valence-electron chi connectivity index (χ0n) is 10.9. The molecule has 5 heteroatoms. The summed E-state index contributed by atoms with van der Waals surface area (Å²) in [5.74, 6) is 0. The zero-order valence-corrected chi connectivity index (χ0v) is 11.7. The quantitative estimate of drug-likeness (QED) is 0.804. The highest BCUT2D eigenvalue weighted by atomic mass is 32.2. The fourth-order valence-corrected chi connectivity index (χ4v) is 2.97. The Labute approximate surface area is 108 Å². The van der Waals surface area contributed by atoms with Crippen LogP contribution in [-0.4, -0.2) is 21.2 Å². The van der Waals surface area contributed by atoms with Crippen LogP contribution in [0.5, 0.6) is 0 Å². The maximum absolute atomic E-state index is 11.6. The number of nitrogen functional groups attached to an aromatic ring is 1. The summed E-state index contributed by atoms with van der Waals surface area (Å²) < 4.78 is 23.1. The van der Waals surface area contributed by atoms with Crippen LogP contribution in [0.1, 0.15) is 26.2 Å². The first-order chi connectivity index (χ1) is 8.38. The van der Waals surface area contributed by atoms with Crippen molar-refractivity contribution in [3.05, 3.63) is 18.2 Å². The number of para-hydroxylation sites is 1. The summed E-state index contributed by atoms with van der Waals surface area (Å²) in [5, 5.41) is 3.29. The average Bonchev–Trinajstić information content (AvgIpc) is 3.07. The smallest absolute Gasteiger partial charge is 0.177 e. The van der Waals surface area contributed by atoms with Gasteiger partial charge in [-0.05, 0) is 36.8 Å². The van der Waals surface area contributed by atoms with Crippen LogP contribution in [0.2, 0.25) is 0 Å². The second-order valence-corrected chi connectivity index (χ2v) is 7.18. The molecule has 3 N–H and O–H groups in total. The molecule has 1 aliphatic rings. The van der Waals surface area contributed by atoms with Gasteiger partial charge in [0.25, 0.3) is 0 Å². The number of rotatable bonds is 5. The van der Waals surface area contributed by atoms with Crippen molar-refractivity contribution in [2.75, 3.05) is 23.9 Å². The molecule has 2 rings (SSSR count). The molecule has 0 aliphatic heterocycles. The lowest BCUT2D eigenvalue weighted by Crippen LogP contribution is -2.16. The summed E-state index contributed by atoms with van der Waals surface area (Å²) in [5.41, 5.74) is 7.36. The predicted octanol–water partition coefficient (Wildman–Crippen LogP) is 2.27. The maximum atomic E-state index is 11.6. The van der Waals surface area contributed by atoms with Crippen molar-refractivity contribution in [3.8, 4) is 0 Å². The first-order valence-electron chi connectivity index (χ1n) is 6.20. The molecule has 1 aromatic carbocycles. The van der Waals surface area contributed by atoms with Crippen molar-refractivity contribution in [1.29, 1.82) is 0 Å². The molecule has 1 aliphatic carbocycles. The van der Waals surface area contributed by atoms with Gasteiger partial charge in [0.15, 0.2) is 9.84 Å². The first kappa shape index (κ1) is 13.2. The van der Waals surface area contributed by atoms with E-state index in [1.165, 1.54) is 19.1 Å². The van der Waals surface area contributed by atoms with E-state index in [2.05, 4.69) is 12.2 Å². The lowest BCUT2D eigenvalue weighted by molar-refractivity contribution is 0.521. The normalized spacial score (nSPS) is 17.4. The summed E-state index contributed by atoms with van der Waals surface area (Å²) in [7, 11) is -3.26. The van der Waals surface area contributed by atoms with Crippen LogP contribution in [0, 0.1) is 5.41 Å². The predicted molar refractivity (Wildman–Crippen MR) is 74.4 cm³/mol. The summed E-state index contributed by atoms with van der Waals surface area (Å²) in [6, 6.07) is 5.10. The number of hydrogen-bond donors (Lipinski definition) is 2. The Morgan fingerprint density at radius 1 is 1.39 bits per heavy atom. The standard InChI is InChI=1S/C13H20N2O2S/c1-3-13(7-8-13)9-15-10-5-4-6-11(12(10)14)18(2,16)17/h4-6,15H,3,7-9,14H2,1-2H3. The van der Waals surface area contributed by atoms with Gasteiger partial charge in [-0.1, -0.05) is 13.0 Å². The topological polar surface area (TPSA) is 72.2 Å². The molecule has 0 amide bonds. The average molecular weight is 268 g/mol. The largest absolute Gasteiger partial charge is 0.396 e. The highest BCUT2D eigenvalue weighted by Crippen LogP contribution is 2.48. The Balaban J connectivity index is 2.19. The van der Waals surface area contributed by atoms with Crippen LogP contribution < -0.4 is 11.1 Å². The highest BCUT2D eigenvalue weighted by Gasteiger charge is 2.40. The van der Waals surface area contributed by atoms with Crippen LogP contribution in [0.3, 0.4) is 0 Å². The molecule has 0 unspecified atom stereocenters. The molecule has 0 heterocycles. The van der Waals surface area contributed by atoms with Gasteiger partial charge in [0.2, 0.25) is 0 Å². The van der Waals surface area contributed by atoms with Gasteiger partial charge in [-0.25, -0.2) is 8.42 Å². The fourth-order valence-electron chi connectivity index (χ4n) is 2.14. The molecule has 0 atom stereocenters. The van der Waals surface area contributed by atoms with Crippen molar-refractivity contribution in [3.63, 3.8) is 0 Å². The molecule has 0 aromatic heterocycles. The third kappa shape index (κ3) is 2.61. The molecule has 18 heavy (non-hydrogen) atoms. The van der Waals surface area contributed by atoms with Crippen LogP contribution in [0.4, 0.5) is 11.4 Å². The van der Waals surface area contributed by atoms with Gasteiger partial charge in [-0.15, -0.1) is 0 Å². The summed E-state index contributed by atoms with van der Waals surface area (Å²) in [6.07, 6.45) is 4.80. The van der Waals surface area contributed by atoms with Crippen molar-refractivity contribution in [1.82, 2.24) is 0 Å². The van der Waals surface area contributed by atoms with Crippen molar-refractivity contribution >= 4 is 21.2 Å². The first-order valence-corrected chi connectivity index (χ1v) is 8.09. The van der Waals surface area contributed by atoms with E-state index < -0.39 is 9.84 Å². The van der Waals surface area contributed by atoms with E-state index in [1.54, 1.807) is 12.1 Å². The van der Waals surface area contributed by atoms with Gasteiger partial charge in [0, 0.05) is 12.8 Å². The molecule has 0 spiro atoms. The van der Waals surface area contributed by atoms with Gasteiger partial charge in [0.05, 0.1) is 16.3 Å². The number of benzene rings is 1. The molecule has 4 nitrogen and oxygen atoms in total. The monoisotopic (exact) mass is 268 g/mol. The van der Waals surface area contributed by atoms with E-state index in [4.69, 9.17) is 5.73 Å². The molecular formula is C13H20N2O2S. The van der Waals surface area contributed by atoms with E-state index in [-0.39, 0.29) is 4.90 Å². The third-order valence-corrected chi connectivity index (χ3v) is 4.98. The molecule has 0 bridgehead atoms. The summed E-state index contributed by atoms with van der Waals surface area (Å²) >= 11 is 0. The van der Waals surface area contributed by atoms with Gasteiger partial charge >= 0.3 is 0 Å². The Hall–Kier alpha value is -1.23. The third-order valence-electron chi connectivity index (χ3n) is 3.83. The van der Waals surface area contributed by atoms with Crippen LogP contribution in [0.25, 0.3) is 0 Å². The van der Waals surface area contributed by atoms with Gasteiger partial charge in [-0.2, -0.15) is 0 Å². The van der Waals surface area contributed by atoms with Gasteiger partial charge in [-0.3, -0.25) is 0 Å². The Kier molecular flexibility index (Phi) is 3.27. The van der Waals surface area contributed by atoms with Gasteiger partial charge < -0.3 is 11.1 Å². The molecular weight excluding hydrogens is 248 g/mol. The zero-order chi connectivity index (χ0) is 13.4. The number of nitrogens with two attached hydrogens (primary N) is 1. The van der Waals surface area contributed by atoms with Crippen molar-refractivity contribution < 1.29 is 8.42 Å². The number of nitrogens with one attached hydrogen (secondary N) is 1. The number of hydrogen-bond acceptors (Lipinski definition) is 4. The van der Waals surface area contributed by atoms with E-state index in [0.29, 0.717) is 11.1 Å². The molecule has 1 saturated carbocycles. The lowest BCUT2D eigenvalue weighted by Gasteiger charge is -2.17. The van der Waals surface area contributed by atoms with E-state index >= 15 is 0 Å². The van der Waals surface area contributed by atoms with E-state index in [9.17, 15) is 8.42 Å². The minimum atomic E-state index is -3.26. The van der Waals surface area contributed by atoms with Crippen LogP contribution >= 0.6 is 0 Å². The highest BCUT2D eigenvalue weighted by molar-refractivity contribution is 7.90. The molecule has 1 fully saturated rings. The molecule has 0 radical (unpaired) electrons. The van der Waals surface area contributed by atoms with E-state index in [0.717, 1.165) is 18.7 Å². The van der Waals surface area contributed by atoms with Crippen molar-refractivity contribution in [2.24, 2.45) is 5.41 Å². The second kappa shape index (κ2) is 4.46. The minimum absolute atomic E-state index is 0.203. The SMILES string of the molecule is CCC1(CNc2cccc(S(C)(=O)=O)c2N)CC1. The van der Waals surface area contributed by atoms with E-state index in [1.807, 2.05) is 6.07 Å². The number of anilines is 2. The van der Waals surface area contributed by atoms with Crippen molar-refractivity contribution in [2.45, 2.75) is 31.1 Å². The maximum Gasteiger partial charge on any atom is 0.177 e. The Morgan fingerprint density at radius 2 is 2.06 bits per heavy atom. The fraction of sp³-hybridized carbons (Fsp3) is 0.538. The molecule has 100 valence electrons. The van der Waals surface area contributed by atoms with Crippen LogP contribution in [0.15, 0.2) is 23.1 Å². The minimum Gasteiger partial charge on any atom is -0.396 e. The van der Waals surface area contributed by atoms with Gasteiger partial charge in [0.1, 0.15) is 0 Å². The lowest BCUT2D eigenvalue weighted by atomic mass is 10.0.